The van der Waals surface area contributed by atoms with Crippen molar-refractivity contribution in [3.8, 4) is 5.75 Å². The Bertz CT molecular complexity index is 1030. The van der Waals surface area contributed by atoms with Gasteiger partial charge in [-0.25, -0.2) is 0 Å². The molecule has 8 nitrogen and oxygen atoms in total. The Morgan fingerprint density at radius 1 is 1.15 bits per heavy atom. The van der Waals surface area contributed by atoms with Crippen molar-refractivity contribution in [1.82, 2.24) is 10.2 Å². The van der Waals surface area contributed by atoms with Gasteiger partial charge in [-0.05, 0) is 48.4 Å². The molecule has 2 saturated heterocycles. The average Bonchev–Trinajstić information content (AvgIpc) is 3.37. The van der Waals surface area contributed by atoms with E-state index in [2.05, 4.69) is 10.1 Å². The third-order valence-electron chi connectivity index (χ3n) is 5.76. The van der Waals surface area contributed by atoms with Crippen LogP contribution in [-0.2, 0) is 20.7 Å². The number of nitrogens with one attached hydrogen (secondary N) is 1. The van der Waals surface area contributed by atoms with Crippen LogP contribution in [-0.4, -0.2) is 60.4 Å². The molecule has 0 radical (unpaired) electrons. The van der Waals surface area contributed by atoms with Gasteiger partial charge in [-0.3, -0.25) is 14.4 Å². The van der Waals surface area contributed by atoms with E-state index in [0.29, 0.717) is 18.7 Å². The standard InChI is InChI=1S/C23H23F2N3O5/c24-23(25)33-16-7-3-14(4-8-16)21(30)27-17(11-13-1-5-15(26)6-2-13)22(31)28-10-9-19-20(28)18(29)12-32-19/h1-8,17,19-20,23H,9-12,26H2,(H,27,30). The fourth-order valence-corrected chi connectivity index (χ4v) is 4.16. The largest absolute Gasteiger partial charge is 0.435 e. The highest BCUT2D eigenvalue weighted by Gasteiger charge is 2.48. The first-order valence-corrected chi connectivity index (χ1v) is 10.5. The molecule has 33 heavy (non-hydrogen) atoms. The molecule has 3 atom stereocenters. The number of carbonyl (C=O) groups excluding carboxylic acids is 3. The summed E-state index contributed by atoms with van der Waals surface area (Å²) in [5, 5.41) is 2.73. The van der Waals surface area contributed by atoms with Gasteiger partial charge in [-0.15, -0.1) is 0 Å². The molecule has 2 amide bonds. The number of rotatable bonds is 7. The van der Waals surface area contributed by atoms with E-state index in [1.807, 2.05) is 0 Å². The van der Waals surface area contributed by atoms with Gasteiger partial charge in [0, 0.05) is 24.2 Å². The fraction of sp³-hybridized carbons (Fsp3) is 0.348. The zero-order chi connectivity index (χ0) is 23.5. The predicted molar refractivity (Wildman–Crippen MR) is 114 cm³/mol. The maximum Gasteiger partial charge on any atom is 0.387 e. The second kappa shape index (κ2) is 9.53. The Hall–Kier alpha value is -3.53. The number of amides is 2. The van der Waals surface area contributed by atoms with E-state index in [-0.39, 0.29) is 42.1 Å². The lowest BCUT2D eigenvalue weighted by Crippen LogP contribution is -2.53. The van der Waals surface area contributed by atoms with Crippen molar-refractivity contribution in [3.05, 3.63) is 59.7 Å². The summed E-state index contributed by atoms with van der Waals surface area (Å²) in [6, 6.07) is 10.5. The van der Waals surface area contributed by atoms with Gasteiger partial charge in [-0.1, -0.05) is 12.1 Å². The molecule has 4 rings (SSSR count). The summed E-state index contributed by atoms with van der Waals surface area (Å²) in [7, 11) is 0. The van der Waals surface area contributed by atoms with Gasteiger partial charge in [0.25, 0.3) is 5.91 Å². The minimum absolute atomic E-state index is 0.0266. The SMILES string of the molecule is Nc1ccc(CC(NC(=O)c2ccc(OC(F)F)cc2)C(=O)N2CCC3OCC(=O)C32)cc1. The number of carbonyl (C=O) groups is 3. The molecular weight excluding hydrogens is 436 g/mol. The molecule has 2 aromatic rings. The molecule has 2 fully saturated rings. The Morgan fingerprint density at radius 2 is 1.85 bits per heavy atom. The minimum atomic E-state index is -2.97. The summed E-state index contributed by atoms with van der Waals surface area (Å²) in [5.74, 6) is -1.18. The smallest absolute Gasteiger partial charge is 0.387 e. The second-order valence-electron chi connectivity index (χ2n) is 7.96. The number of hydrogen-bond donors (Lipinski definition) is 2. The van der Waals surface area contributed by atoms with E-state index in [9.17, 15) is 23.2 Å². The van der Waals surface area contributed by atoms with Crippen LogP contribution < -0.4 is 15.8 Å². The summed E-state index contributed by atoms with van der Waals surface area (Å²) < 4.78 is 34.5. The number of ether oxygens (including phenoxy) is 2. The summed E-state index contributed by atoms with van der Waals surface area (Å²) in [5.41, 5.74) is 7.24. The molecular formula is C23H23F2N3O5. The van der Waals surface area contributed by atoms with Crippen LogP contribution in [0.5, 0.6) is 5.75 Å². The fourth-order valence-electron chi connectivity index (χ4n) is 4.16. The summed E-state index contributed by atoms with van der Waals surface area (Å²) >= 11 is 0. The van der Waals surface area contributed by atoms with Gasteiger partial charge in [0.15, 0.2) is 5.78 Å². The van der Waals surface area contributed by atoms with Crippen LogP contribution in [0.25, 0.3) is 0 Å². The van der Waals surface area contributed by atoms with Crippen LogP contribution in [0, 0.1) is 0 Å². The molecule has 3 unspecified atom stereocenters. The number of anilines is 1. The maximum atomic E-state index is 13.4. The number of ketones is 1. The quantitative estimate of drug-likeness (QED) is 0.611. The number of fused-ring (bicyclic) bond motifs is 1. The zero-order valence-electron chi connectivity index (χ0n) is 17.6. The highest BCUT2D eigenvalue weighted by molar-refractivity contribution is 5.99. The first-order chi connectivity index (χ1) is 15.8. The van der Waals surface area contributed by atoms with Crippen LogP contribution in [0.1, 0.15) is 22.3 Å². The number of Topliss-reactive ketones (excluding diaryl/α,β-unsaturated/α-hetero) is 1. The highest BCUT2D eigenvalue weighted by Crippen LogP contribution is 2.28. The normalized spacial score (nSPS) is 20.6. The minimum Gasteiger partial charge on any atom is -0.435 e. The van der Waals surface area contributed by atoms with Crippen molar-refractivity contribution in [2.24, 2.45) is 0 Å². The molecule has 10 heteroatoms. The molecule has 3 N–H and O–H groups in total. The van der Waals surface area contributed by atoms with Crippen molar-refractivity contribution in [1.29, 1.82) is 0 Å². The van der Waals surface area contributed by atoms with Gasteiger partial charge in [0.05, 0.1) is 6.10 Å². The van der Waals surface area contributed by atoms with Crippen LogP contribution in [0.3, 0.4) is 0 Å². The number of benzene rings is 2. The number of alkyl halides is 2. The van der Waals surface area contributed by atoms with Crippen molar-refractivity contribution in [3.63, 3.8) is 0 Å². The lowest BCUT2D eigenvalue weighted by Gasteiger charge is -2.27. The molecule has 0 bridgehead atoms. The lowest BCUT2D eigenvalue weighted by atomic mass is 10.0. The van der Waals surface area contributed by atoms with Crippen LogP contribution >= 0.6 is 0 Å². The predicted octanol–water partition coefficient (Wildman–Crippen LogP) is 1.78. The van der Waals surface area contributed by atoms with Gasteiger partial charge in [-0.2, -0.15) is 8.78 Å². The number of nitrogens with zero attached hydrogens (tertiary/aromatic N) is 1. The van der Waals surface area contributed by atoms with E-state index < -0.39 is 24.6 Å². The number of nitrogens with two attached hydrogens (primary N) is 1. The third kappa shape index (κ3) is 5.11. The van der Waals surface area contributed by atoms with Gasteiger partial charge >= 0.3 is 6.61 Å². The van der Waals surface area contributed by atoms with E-state index in [0.717, 1.165) is 5.56 Å². The molecule has 0 saturated carbocycles. The zero-order valence-corrected chi connectivity index (χ0v) is 17.6. The first-order valence-electron chi connectivity index (χ1n) is 10.5. The van der Waals surface area contributed by atoms with Crippen molar-refractivity contribution >= 4 is 23.3 Å². The molecule has 0 aromatic heterocycles. The van der Waals surface area contributed by atoms with E-state index in [4.69, 9.17) is 10.5 Å². The summed E-state index contributed by atoms with van der Waals surface area (Å²) in [6.07, 6.45) is 0.410. The number of likely N-dealkylation sites (tertiary alicyclic amines) is 1. The van der Waals surface area contributed by atoms with Crippen molar-refractivity contribution in [2.75, 3.05) is 18.9 Å². The van der Waals surface area contributed by atoms with Crippen LogP contribution in [0.15, 0.2) is 48.5 Å². The topological polar surface area (TPSA) is 111 Å². The van der Waals surface area contributed by atoms with E-state index in [1.54, 1.807) is 24.3 Å². The van der Waals surface area contributed by atoms with Crippen LogP contribution in [0.4, 0.5) is 14.5 Å². The summed E-state index contributed by atoms with van der Waals surface area (Å²) in [6.45, 7) is -2.65. The monoisotopic (exact) mass is 459 g/mol. The van der Waals surface area contributed by atoms with Crippen molar-refractivity contribution < 1.29 is 32.6 Å². The molecule has 2 heterocycles. The molecule has 174 valence electrons. The molecule has 2 aromatic carbocycles. The number of nitrogen functional groups attached to an aromatic ring is 1. The summed E-state index contributed by atoms with van der Waals surface area (Å²) in [4.78, 5) is 40.0. The average molecular weight is 459 g/mol. The van der Waals surface area contributed by atoms with Crippen molar-refractivity contribution in [2.45, 2.75) is 37.6 Å². The molecule has 2 aliphatic rings. The third-order valence-corrected chi connectivity index (χ3v) is 5.76. The van der Waals surface area contributed by atoms with Crippen LogP contribution in [0.2, 0.25) is 0 Å². The van der Waals surface area contributed by atoms with Gasteiger partial charge in [0.1, 0.15) is 24.4 Å². The second-order valence-corrected chi connectivity index (χ2v) is 7.96. The van der Waals surface area contributed by atoms with E-state index in [1.165, 1.54) is 29.2 Å². The Kier molecular flexibility index (Phi) is 6.55. The Morgan fingerprint density at radius 3 is 2.52 bits per heavy atom. The number of halogens is 2. The molecule has 0 spiro atoms. The Balaban J connectivity index is 1.53. The first kappa shape index (κ1) is 22.7. The highest BCUT2D eigenvalue weighted by atomic mass is 19.3. The van der Waals surface area contributed by atoms with E-state index >= 15 is 0 Å². The number of hydrogen-bond acceptors (Lipinski definition) is 6. The van der Waals surface area contributed by atoms with Gasteiger partial charge < -0.3 is 25.4 Å². The molecule has 2 aliphatic heterocycles. The molecule has 0 aliphatic carbocycles. The van der Waals surface area contributed by atoms with Gasteiger partial charge in [0.2, 0.25) is 5.91 Å². The maximum absolute atomic E-state index is 13.4. The lowest BCUT2D eigenvalue weighted by molar-refractivity contribution is -0.138. The Labute approximate surface area is 188 Å².